The summed E-state index contributed by atoms with van der Waals surface area (Å²) in [5.74, 6) is -6.02. The molecular weight excluding hydrogens is 1190 g/mol. The van der Waals surface area contributed by atoms with E-state index in [1.165, 1.54) is 84.9 Å². The normalized spacial score (nSPS) is 19.1. The highest BCUT2D eigenvalue weighted by molar-refractivity contribution is 6.05. The highest BCUT2D eigenvalue weighted by atomic mass is 19.1. The molecule has 6 aromatic carbocycles. The summed E-state index contributed by atoms with van der Waals surface area (Å²) in [6.45, 7) is 0.729. The number of nitriles is 2. The summed E-state index contributed by atoms with van der Waals surface area (Å²) < 4.78 is 139. The van der Waals surface area contributed by atoms with E-state index in [9.17, 15) is 18.4 Å². The molecule has 4 aliphatic rings. The number of aromatic nitrogens is 6. The van der Waals surface area contributed by atoms with Crippen LogP contribution in [0.15, 0.2) is 133 Å². The molecular formula is C68H48F6N8O9. The largest absolute Gasteiger partial charge is 0.473 e. The Labute approximate surface area is 513 Å². The molecule has 4 saturated heterocycles. The first-order valence-corrected chi connectivity index (χ1v) is 29.0. The van der Waals surface area contributed by atoms with E-state index in [-0.39, 0.29) is 130 Å². The van der Waals surface area contributed by atoms with Crippen molar-refractivity contribution < 1.29 is 69.1 Å². The summed E-state index contributed by atoms with van der Waals surface area (Å²) in [4.78, 5) is 46.8. The van der Waals surface area contributed by atoms with Gasteiger partial charge in [-0.15, -0.1) is 0 Å². The van der Waals surface area contributed by atoms with Crippen molar-refractivity contribution in [3.63, 3.8) is 0 Å². The number of fused-ring (bicyclic) bond motifs is 4. The zero-order valence-corrected chi connectivity index (χ0v) is 47.8. The van der Waals surface area contributed by atoms with Crippen molar-refractivity contribution >= 4 is 34.0 Å². The fourth-order valence-electron chi connectivity index (χ4n) is 12.4. The van der Waals surface area contributed by atoms with Gasteiger partial charge >= 0.3 is 11.9 Å². The fourth-order valence-corrected chi connectivity index (χ4v) is 12.4. The van der Waals surface area contributed by atoms with Crippen molar-refractivity contribution in [1.29, 1.82) is 10.5 Å². The molecule has 456 valence electrons. The lowest BCUT2D eigenvalue weighted by Crippen LogP contribution is -2.21. The van der Waals surface area contributed by atoms with Crippen LogP contribution in [0, 0.1) is 69.4 Å². The van der Waals surface area contributed by atoms with Gasteiger partial charge in [-0.05, 0) is 121 Å². The molecule has 4 aliphatic heterocycles. The molecule has 4 aromatic heterocycles. The Morgan fingerprint density at radius 1 is 0.495 bits per heavy atom. The van der Waals surface area contributed by atoms with Gasteiger partial charge in [-0.2, -0.15) is 10.5 Å². The van der Waals surface area contributed by atoms with Gasteiger partial charge in [0, 0.05) is 59.1 Å². The molecule has 6 atom stereocenters. The molecule has 14 rings (SSSR count). The van der Waals surface area contributed by atoms with E-state index in [1.54, 1.807) is 12.1 Å². The number of carbonyl (C=O) groups excluding carboxylic acids is 2. The molecule has 10 aromatic rings. The number of imidazole rings is 2. The molecule has 0 radical (unpaired) electrons. The van der Waals surface area contributed by atoms with Gasteiger partial charge in [0.1, 0.15) is 59.8 Å². The number of halogens is 6. The van der Waals surface area contributed by atoms with Gasteiger partial charge in [0.2, 0.25) is 11.8 Å². The second-order valence-corrected chi connectivity index (χ2v) is 22.4. The number of hydrogen-bond donors (Lipinski definition) is 0. The van der Waals surface area contributed by atoms with Crippen LogP contribution in [-0.2, 0) is 49.7 Å². The third kappa shape index (κ3) is 11.4. The van der Waals surface area contributed by atoms with E-state index in [1.807, 2.05) is 21.3 Å². The van der Waals surface area contributed by atoms with Crippen LogP contribution in [0.5, 0.6) is 11.8 Å². The van der Waals surface area contributed by atoms with Crippen LogP contribution >= 0.6 is 0 Å². The van der Waals surface area contributed by atoms with E-state index in [0.717, 1.165) is 36.4 Å². The lowest BCUT2D eigenvalue weighted by Gasteiger charge is -2.21. The summed E-state index contributed by atoms with van der Waals surface area (Å²) >= 11 is 0. The SMILES string of the molecule is N#Cc1ccc(COc2cccc(-c3cc(F)c(Cc4nc5ccc(C(=O)OC(=O)c6ccc7nc(Cc8cc(F)c(-c9cccc(OCc%10ccc(C#N)cc%10F)n9)cc8F)n([C@H]8CO[C@H]9OCC[C@H]98)c7c6)cc5n4[C@H]4CO[C@H]5OCC[C@H]54)cc3F)n2)c(F)c1. The first kappa shape index (κ1) is 58.4. The van der Waals surface area contributed by atoms with Crippen molar-refractivity contribution in [2.75, 3.05) is 26.4 Å². The quantitative estimate of drug-likeness (QED) is 0.0501. The summed E-state index contributed by atoms with van der Waals surface area (Å²) in [5.41, 5.74) is 1.96. The predicted molar refractivity (Wildman–Crippen MR) is 311 cm³/mol. The molecule has 8 heterocycles. The molecule has 0 aliphatic carbocycles. The molecule has 0 saturated carbocycles. The van der Waals surface area contributed by atoms with Crippen LogP contribution in [0.1, 0.15) is 90.7 Å². The predicted octanol–water partition coefficient (Wildman–Crippen LogP) is 12.3. The average molecular weight is 1240 g/mol. The minimum atomic E-state index is -1.00. The zero-order valence-electron chi connectivity index (χ0n) is 47.8. The first-order valence-electron chi connectivity index (χ1n) is 29.0. The number of ether oxygens (including phenoxy) is 7. The number of hydrogen-bond acceptors (Lipinski definition) is 15. The van der Waals surface area contributed by atoms with Gasteiger partial charge in [0.25, 0.3) is 0 Å². The Balaban J connectivity index is 0.716. The van der Waals surface area contributed by atoms with Crippen LogP contribution in [0.25, 0.3) is 44.6 Å². The first-order chi connectivity index (χ1) is 44.2. The highest BCUT2D eigenvalue weighted by Crippen LogP contribution is 2.44. The Morgan fingerprint density at radius 3 is 1.36 bits per heavy atom. The minimum Gasteiger partial charge on any atom is -0.473 e. The average Bonchev–Trinajstić information content (AvgIpc) is 1.66. The maximum atomic E-state index is 16.4. The molecule has 91 heavy (non-hydrogen) atoms. The van der Waals surface area contributed by atoms with Crippen molar-refractivity contribution in [2.45, 2.75) is 63.6 Å². The highest BCUT2D eigenvalue weighted by Gasteiger charge is 2.45. The van der Waals surface area contributed by atoms with E-state index < -0.39 is 71.5 Å². The topological polar surface area (TPSA) is 208 Å². The smallest absolute Gasteiger partial charge is 0.346 e. The standard InChI is InChI=1S/C68H48F6N8O9/c69-47-19-35(29-75)7-9-39(47)31-87-63-5-1-3-53(79-63)45-27-49(71)41(21-51(45)73)25-61-77-55-13-11-37(23-57(55)81(61)59-33-89-67-43(59)15-17-85-67)65(83)91-66(84)38-12-14-56-58(24-38)82(60-34-90-68-44(60)16-18-86-68)62(78-56)26-42-22-52(74)46(28-50(42)72)54-4-2-6-64(80-54)88-32-40-10-8-36(30-76)20-48(40)70/h1-14,19-24,27-28,43-44,59-60,67-68H,15-18,25-26,31-34H2/t43-,44-,59-,60-,67+,68+/m0/s1. The fraction of sp³-hybridized carbons (Fsp3) is 0.235. The van der Waals surface area contributed by atoms with Gasteiger partial charge < -0.3 is 42.3 Å². The van der Waals surface area contributed by atoms with Gasteiger partial charge in [0.15, 0.2) is 12.6 Å². The van der Waals surface area contributed by atoms with Crippen LogP contribution in [0.3, 0.4) is 0 Å². The number of rotatable bonds is 16. The molecule has 0 amide bonds. The summed E-state index contributed by atoms with van der Waals surface area (Å²) in [6.07, 6.45) is -0.209. The maximum Gasteiger partial charge on any atom is 0.346 e. The zero-order chi connectivity index (χ0) is 62.6. The van der Waals surface area contributed by atoms with Crippen molar-refractivity contribution in [3.8, 4) is 46.4 Å². The number of benzene rings is 6. The van der Waals surface area contributed by atoms with Crippen molar-refractivity contribution in [1.82, 2.24) is 29.1 Å². The van der Waals surface area contributed by atoms with Gasteiger partial charge in [-0.3, -0.25) is 0 Å². The van der Waals surface area contributed by atoms with E-state index in [0.29, 0.717) is 59.8 Å². The number of carbonyl (C=O) groups is 2. The van der Waals surface area contributed by atoms with Gasteiger partial charge in [0.05, 0.1) is 106 Å². The maximum absolute atomic E-state index is 16.4. The van der Waals surface area contributed by atoms with Crippen molar-refractivity contribution in [2.24, 2.45) is 11.8 Å². The molecule has 4 fully saturated rings. The Hall–Kier alpha value is -10.3. The third-order valence-electron chi connectivity index (χ3n) is 16.9. The summed E-state index contributed by atoms with van der Waals surface area (Å²) in [6, 6.07) is 33.1. The van der Waals surface area contributed by atoms with Gasteiger partial charge in [-0.1, -0.05) is 24.3 Å². The van der Waals surface area contributed by atoms with E-state index >= 15 is 17.6 Å². The molecule has 0 spiro atoms. The van der Waals surface area contributed by atoms with Crippen LogP contribution in [0.2, 0.25) is 0 Å². The van der Waals surface area contributed by atoms with E-state index in [4.69, 9.17) is 53.6 Å². The molecule has 0 bridgehead atoms. The Kier molecular flexibility index (Phi) is 15.6. The number of pyridine rings is 2. The number of esters is 2. The van der Waals surface area contributed by atoms with Crippen LogP contribution in [-0.4, -0.2) is 80.0 Å². The Morgan fingerprint density at radius 2 is 0.934 bits per heavy atom. The molecule has 23 heteroatoms. The van der Waals surface area contributed by atoms with Gasteiger partial charge in [-0.25, -0.2) is 55.9 Å². The van der Waals surface area contributed by atoms with E-state index in [2.05, 4.69) is 9.97 Å². The summed E-state index contributed by atoms with van der Waals surface area (Å²) in [5, 5.41) is 18.2. The molecule has 0 N–H and O–H groups in total. The monoisotopic (exact) mass is 1230 g/mol. The lowest BCUT2D eigenvalue weighted by atomic mass is 9.99. The lowest BCUT2D eigenvalue weighted by molar-refractivity contribution is -0.0907. The van der Waals surface area contributed by atoms with Crippen LogP contribution < -0.4 is 9.47 Å². The van der Waals surface area contributed by atoms with Crippen LogP contribution in [0.4, 0.5) is 26.3 Å². The summed E-state index contributed by atoms with van der Waals surface area (Å²) in [7, 11) is 0. The minimum absolute atomic E-state index is 0.0220. The second-order valence-electron chi connectivity index (χ2n) is 22.4. The molecule has 0 unspecified atom stereocenters. The van der Waals surface area contributed by atoms with Crippen molar-refractivity contribution in [3.05, 3.63) is 225 Å². The Bertz CT molecular complexity index is 4390. The second kappa shape index (κ2) is 24.2. The number of nitrogens with zero attached hydrogens (tertiary/aromatic N) is 8. The third-order valence-corrected chi connectivity index (χ3v) is 16.9. The molecule has 17 nitrogen and oxygen atoms in total.